The van der Waals surface area contributed by atoms with Gasteiger partial charge in [0, 0.05) is 31.0 Å². The molecule has 1 amide bonds. The molecule has 2 aromatic rings. The summed E-state index contributed by atoms with van der Waals surface area (Å²) in [7, 11) is 1.63. The number of methoxy groups -OCH3 is 1. The number of ether oxygens (including phenoxy) is 2. The Balaban J connectivity index is 1.98. The highest BCUT2D eigenvalue weighted by Crippen LogP contribution is 2.20. The van der Waals surface area contributed by atoms with E-state index in [0.29, 0.717) is 38.4 Å². The minimum atomic E-state index is -0.196. The number of nitrogens with one attached hydrogen (secondary N) is 1. The van der Waals surface area contributed by atoms with E-state index in [9.17, 15) is 4.79 Å². The van der Waals surface area contributed by atoms with Gasteiger partial charge in [0.1, 0.15) is 18.1 Å². The van der Waals surface area contributed by atoms with Crippen molar-refractivity contribution in [2.45, 2.75) is 19.9 Å². The van der Waals surface area contributed by atoms with Crippen molar-refractivity contribution in [2.75, 3.05) is 26.9 Å². The number of hydrogen-bond acceptors (Lipinski definition) is 6. The van der Waals surface area contributed by atoms with Crippen LogP contribution >= 0.6 is 11.3 Å². The van der Waals surface area contributed by atoms with Crippen LogP contribution in [0.2, 0.25) is 0 Å². The van der Waals surface area contributed by atoms with Crippen LogP contribution in [0.1, 0.15) is 26.6 Å². The van der Waals surface area contributed by atoms with Crippen LogP contribution in [0, 0.1) is 6.92 Å². The van der Waals surface area contributed by atoms with Crippen LogP contribution in [-0.4, -0.2) is 37.8 Å². The number of rotatable bonds is 9. The lowest BCUT2D eigenvalue weighted by Crippen LogP contribution is -2.23. The van der Waals surface area contributed by atoms with Crippen molar-refractivity contribution in [3.8, 4) is 5.75 Å². The normalized spacial score (nSPS) is 10.6. The van der Waals surface area contributed by atoms with Gasteiger partial charge in [-0.25, -0.2) is 4.98 Å². The summed E-state index contributed by atoms with van der Waals surface area (Å²) in [6.45, 7) is 3.89. The summed E-state index contributed by atoms with van der Waals surface area (Å²) < 4.78 is 10.7. The molecule has 24 heavy (non-hydrogen) atoms. The van der Waals surface area contributed by atoms with E-state index in [-0.39, 0.29) is 5.91 Å². The number of aryl methyl sites for hydroxylation is 1. The standard InChI is InChI=1S/C17H23N3O3S/c1-12-3-4-13(15(9-12)23-8-7-22-2)10-19-17(21)14-11-24-16(20-14)5-6-18/h3-4,9,11H,5-8,10,18H2,1-2H3,(H,19,21). The lowest BCUT2D eigenvalue weighted by atomic mass is 10.1. The summed E-state index contributed by atoms with van der Waals surface area (Å²) in [5, 5.41) is 5.52. The number of carbonyl (C=O) groups is 1. The van der Waals surface area contributed by atoms with Gasteiger partial charge in [-0.15, -0.1) is 11.3 Å². The fraction of sp³-hybridized carbons (Fsp3) is 0.412. The SMILES string of the molecule is COCCOc1cc(C)ccc1CNC(=O)c1csc(CCN)n1. The van der Waals surface area contributed by atoms with Gasteiger partial charge in [0.25, 0.3) is 5.91 Å². The van der Waals surface area contributed by atoms with E-state index in [1.807, 2.05) is 25.1 Å². The van der Waals surface area contributed by atoms with Crippen LogP contribution in [0.4, 0.5) is 0 Å². The fourth-order valence-electron chi connectivity index (χ4n) is 2.10. The summed E-state index contributed by atoms with van der Waals surface area (Å²) >= 11 is 1.45. The summed E-state index contributed by atoms with van der Waals surface area (Å²) in [4.78, 5) is 16.5. The van der Waals surface area contributed by atoms with Gasteiger partial charge in [0.2, 0.25) is 0 Å². The Morgan fingerprint density at radius 1 is 1.38 bits per heavy atom. The molecule has 6 nitrogen and oxygen atoms in total. The van der Waals surface area contributed by atoms with Crippen LogP contribution in [0.25, 0.3) is 0 Å². The molecule has 0 saturated carbocycles. The Hall–Kier alpha value is -1.96. The highest BCUT2D eigenvalue weighted by Gasteiger charge is 2.12. The highest BCUT2D eigenvalue weighted by molar-refractivity contribution is 7.09. The lowest BCUT2D eigenvalue weighted by molar-refractivity contribution is 0.0945. The van der Waals surface area contributed by atoms with E-state index in [4.69, 9.17) is 15.2 Å². The average Bonchev–Trinajstić information content (AvgIpc) is 3.03. The van der Waals surface area contributed by atoms with Gasteiger partial charge < -0.3 is 20.5 Å². The third-order valence-electron chi connectivity index (χ3n) is 3.35. The minimum Gasteiger partial charge on any atom is -0.491 e. The van der Waals surface area contributed by atoms with Gasteiger partial charge in [-0.3, -0.25) is 4.79 Å². The first-order chi connectivity index (χ1) is 11.6. The van der Waals surface area contributed by atoms with E-state index in [1.165, 1.54) is 11.3 Å². The topological polar surface area (TPSA) is 86.5 Å². The maximum atomic E-state index is 12.2. The molecule has 3 N–H and O–H groups in total. The van der Waals surface area contributed by atoms with Crippen molar-refractivity contribution in [2.24, 2.45) is 5.73 Å². The summed E-state index contributed by atoms with van der Waals surface area (Å²) in [6.07, 6.45) is 0.688. The summed E-state index contributed by atoms with van der Waals surface area (Å²) in [5.74, 6) is 0.562. The summed E-state index contributed by atoms with van der Waals surface area (Å²) in [6, 6.07) is 5.91. The maximum absolute atomic E-state index is 12.2. The van der Waals surface area contributed by atoms with Crippen molar-refractivity contribution in [3.63, 3.8) is 0 Å². The zero-order chi connectivity index (χ0) is 17.4. The molecule has 0 fully saturated rings. The predicted molar refractivity (Wildman–Crippen MR) is 94.6 cm³/mol. The van der Waals surface area contributed by atoms with E-state index in [1.54, 1.807) is 12.5 Å². The number of benzene rings is 1. The van der Waals surface area contributed by atoms with Gasteiger partial charge >= 0.3 is 0 Å². The van der Waals surface area contributed by atoms with Crippen LogP contribution < -0.4 is 15.8 Å². The lowest BCUT2D eigenvalue weighted by Gasteiger charge is -2.12. The minimum absolute atomic E-state index is 0.196. The van der Waals surface area contributed by atoms with Crippen LogP contribution in [0.5, 0.6) is 5.75 Å². The molecular formula is C17H23N3O3S. The Kier molecular flexibility index (Phi) is 7.17. The van der Waals surface area contributed by atoms with Crippen molar-refractivity contribution < 1.29 is 14.3 Å². The number of nitrogens with two attached hydrogens (primary N) is 1. The van der Waals surface area contributed by atoms with Gasteiger partial charge in [-0.1, -0.05) is 12.1 Å². The van der Waals surface area contributed by atoms with E-state index in [2.05, 4.69) is 10.3 Å². The second-order valence-corrected chi connectivity index (χ2v) is 6.24. The molecular weight excluding hydrogens is 326 g/mol. The van der Waals surface area contributed by atoms with Crippen LogP contribution in [0.3, 0.4) is 0 Å². The van der Waals surface area contributed by atoms with Crippen LogP contribution in [-0.2, 0) is 17.7 Å². The van der Waals surface area contributed by atoms with Gasteiger partial charge in [-0.2, -0.15) is 0 Å². The number of amides is 1. The molecule has 0 aliphatic heterocycles. The third-order valence-corrected chi connectivity index (χ3v) is 4.26. The van der Waals surface area contributed by atoms with E-state index >= 15 is 0 Å². The van der Waals surface area contributed by atoms with Crippen molar-refractivity contribution in [1.82, 2.24) is 10.3 Å². The summed E-state index contributed by atoms with van der Waals surface area (Å²) in [5.41, 5.74) is 7.95. The Morgan fingerprint density at radius 2 is 2.21 bits per heavy atom. The van der Waals surface area contributed by atoms with Crippen molar-refractivity contribution >= 4 is 17.2 Å². The number of nitrogens with zero attached hydrogens (tertiary/aromatic N) is 1. The molecule has 130 valence electrons. The Bertz CT molecular complexity index is 673. The molecule has 2 rings (SSSR count). The second-order valence-electron chi connectivity index (χ2n) is 5.30. The third kappa shape index (κ3) is 5.30. The molecule has 0 radical (unpaired) electrons. The molecule has 1 aromatic heterocycles. The number of aromatic nitrogens is 1. The van der Waals surface area contributed by atoms with Crippen molar-refractivity contribution in [3.05, 3.63) is 45.4 Å². The average molecular weight is 349 g/mol. The van der Waals surface area contributed by atoms with Gasteiger partial charge in [0.05, 0.1) is 11.6 Å². The molecule has 0 atom stereocenters. The number of hydrogen-bond donors (Lipinski definition) is 2. The van der Waals surface area contributed by atoms with Gasteiger partial charge in [0.15, 0.2) is 0 Å². The first-order valence-corrected chi connectivity index (χ1v) is 8.66. The highest BCUT2D eigenvalue weighted by atomic mass is 32.1. The molecule has 0 aliphatic carbocycles. The quantitative estimate of drug-likeness (QED) is 0.675. The molecule has 0 unspecified atom stereocenters. The maximum Gasteiger partial charge on any atom is 0.271 e. The monoisotopic (exact) mass is 349 g/mol. The molecule has 0 aliphatic rings. The fourth-order valence-corrected chi connectivity index (χ4v) is 2.89. The zero-order valence-electron chi connectivity index (χ0n) is 14.0. The number of carbonyl (C=O) groups excluding carboxylic acids is 1. The molecule has 0 saturated heterocycles. The first kappa shape index (κ1) is 18.4. The smallest absolute Gasteiger partial charge is 0.271 e. The molecule has 7 heteroatoms. The van der Waals surface area contributed by atoms with Crippen molar-refractivity contribution in [1.29, 1.82) is 0 Å². The van der Waals surface area contributed by atoms with Gasteiger partial charge in [-0.05, 0) is 25.1 Å². The predicted octanol–water partition coefficient (Wildman–Crippen LogP) is 1.91. The van der Waals surface area contributed by atoms with E-state index < -0.39 is 0 Å². The zero-order valence-corrected chi connectivity index (χ0v) is 14.8. The second kappa shape index (κ2) is 9.36. The largest absolute Gasteiger partial charge is 0.491 e. The molecule has 0 bridgehead atoms. The first-order valence-electron chi connectivity index (χ1n) is 7.78. The Labute approximate surface area is 146 Å². The molecule has 1 heterocycles. The molecule has 0 spiro atoms. The van der Waals surface area contributed by atoms with Crippen LogP contribution in [0.15, 0.2) is 23.6 Å². The molecule has 1 aromatic carbocycles. The Morgan fingerprint density at radius 3 is 2.96 bits per heavy atom. The van der Waals surface area contributed by atoms with E-state index in [0.717, 1.165) is 21.9 Å². The number of thiazole rings is 1.